The molecule has 3 aromatic rings. The van der Waals surface area contributed by atoms with E-state index < -0.39 is 0 Å². The van der Waals surface area contributed by atoms with Gasteiger partial charge in [0.05, 0.1) is 19.8 Å². The maximum Gasteiger partial charge on any atom is 0.213 e. The summed E-state index contributed by atoms with van der Waals surface area (Å²) < 4.78 is 31.9. The Kier molecular flexibility index (Phi) is 6.07. The lowest BCUT2D eigenvalue weighted by molar-refractivity contribution is -0.120. The van der Waals surface area contributed by atoms with Gasteiger partial charge in [0.15, 0.2) is 0 Å². The van der Waals surface area contributed by atoms with Crippen LogP contribution in [0.25, 0.3) is 11.1 Å². The summed E-state index contributed by atoms with van der Waals surface area (Å²) in [6.07, 6.45) is 4.01. The van der Waals surface area contributed by atoms with Crippen LogP contribution in [-0.4, -0.2) is 24.8 Å². The standard InChI is InChI=1S/C29H32FNO3/c1-18-7-22-12-27(31-13-23(22)8-18)33-14-24-11-21(5-6-26(24)30)28-19(2)9-25(10-20(28)3)34-17-29(4)15-32-16-29/h5-6,9-13,18H,7-8,14-17H2,1-4H3. The van der Waals surface area contributed by atoms with E-state index in [2.05, 4.69) is 44.8 Å². The minimum Gasteiger partial charge on any atom is -0.493 e. The maximum atomic E-state index is 14.6. The van der Waals surface area contributed by atoms with Gasteiger partial charge in [-0.2, -0.15) is 0 Å². The molecule has 0 bridgehead atoms. The molecule has 2 heterocycles. The molecule has 1 aliphatic heterocycles. The van der Waals surface area contributed by atoms with Crippen LogP contribution in [-0.2, 0) is 24.2 Å². The van der Waals surface area contributed by atoms with Crippen molar-refractivity contribution in [3.8, 4) is 22.8 Å². The van der Waals surface area contributed by atoms with Gasteiger partial charge in [0, 0.05) is 23.2 Å². The van der Waals surface area contributed by atoms with E-state index in [1.165, 1.54) is 17.2 Å². The normalized spacial score (nSPS) is 18.3. The predicted molar refractivity (Wildman–Crippen MR) is 131 cm³/mol. The maximum absolute atomic E-state index is 14.6. The van der Waals surface area contributed by atoms with E-state index in [9.17, 15) is 4.39 Å². The van der Waals surface area contributed by atoms with Crippen molar-refractivity contribution in [2.75, 3.05) is 19.8 Å². The molecule has 1 aliphatic carbocycles. The van der Waals surface area contributed by atoms with Crippen molar-refractivity contribution in [3.05, 3.63) is 76.2 Å². The van der Waals surface area contributed by atoms with Gasteiger partial charge in [-0.05, 0) is 90.3 Å². The molecule has 0 radical (unpaired) electrons. The second-order valence-corrected chi connectivity index (χ2v) is 10.4. The highest BCUT2D eigenvalue weighted by molar-refractivity contribution is 5.72. The average molecular weight is 462 g/mol. The first-order valence-corrected chi connectivity index (χ1v) is 12.0. The molecular weight excluding hydrogens is 429 g/mol. The van der Waals surface area contributed by atoms with Gasteiger partial charge in [-0.15, -0.1) is 0 Å². The van der Waals surface area contributed by atoms with E-state index in [0.717, 1.165) is 54.1 Å². The molecule has 1 atom stereocenters. The van der Waals surface area contributed by atoms with Crippen LogP contribution in [0.1, 0.15) is 41.7 Å². The number of aromatic nitrogens is 1. The second kappa shape index (κ2) is 9.03. The van der Waals surface area contributed by atoms with E-state index in [0.29, 0.717) is 24.0 Å². The van der Waals surface area contributed by atoms with Crippen LogP contribution >= 0.6 is 0 Å². The Hall–Kier alpha value is -2.92. The van der Waals surface area contributed by atoms with Gasteiger partial charge >= 0.3 is 0 Å². The van der Waals surface area contributed by atoms with Crippen molar-refractivity contribution in [1.82, 2.24) is 4.98 Å². The van der Waals surface area contributed by atoms with Gasteiger partial charge in [-0.25, -0.2) is 9.37 Å². The largest absolute Gasteiger partial charge is 0.493 e. The number of hydrogen-bond donors (Lipinski definition) is 0. The summed E-state index contributed by atoms with van der Waals surface area (Å²) in [6.45, 7) is 10.8. The number of pyridine rings is 1. The first-order valence-electron chi connectivity index (χ1n) is 12.0. The Morgan fingerprint density at radius 2 is 1.76 bits per heavy atom. The van der Waals surface area contributed by atoms with E-state index >= 15 is 0 Å². The summed E-state index contributed by atoms with van der Waals surface area (Å²) in [5.41, 5.74) is 7.45. The fraction of sp³-hybridized carbons (Fsp3) is 0.414. The highest BCUT2D eigenvalue weighted by Gasteiger charge is 2.34. The Morgan fingerprint density at radius 1 is 1.03 bits per heavy atom. The zero-order valence-electron chi connectivity index (χ0n) is 20.4. The fourth-order valence-corrected chi connectivity index (χ4v) is 5.03. The van der Waals surface area contributed by atoms with Gasteiger partial charge in [-0.3, -0.25) is 0 Å². The third kappa shape index (κ3) is 4.67. The van der Waals surface area contributed by atoms with Crippen molar-refractivity contribution in [1.29, 1.82) is 0 Å². The number of rotatable bonds is 7. The molecule has 1 saturated heterocycles. The summed E-state index contributed by atoms with van der Waals surface area (Å²) in [4.78, 5) is 4.43. The molecule has 178 valence electrons. The molecule has 1 unspecified atom stereocenters. The molecule has 0 N–H and O–H groups in total. The zero-order valence-corrected chi connectivity index (χ0v) is 20.4. The van der Waals surface area contributed by atoms with Crippen molar-refractivity contribution < 1.29 is 18.6 Å². The average Bonchev–Trinajstić information content (AvgIpc) is 3.15. The van der Waals surface area contributed by atoms with Crippen molar-refractivity contribution >= 4 is 0 Å². The number of aryl methyl sites for hydroxylation is 2. The molecule has 1 aromatic heterocycles. The lowest BCUT2D eigenvalue weighted by Crippen LogP contribution is -2.44. The summed E-state index contributed by atoms with van der Waals surface area (Å²) in [6, 6.07) is 11.3. The number of benzene rings is 2. The van der Waals surface area contributed by atoms with Crippen molar-refractivity contribution in [2.24, 2.45) is 11.3 Å². The van der Waals surface area contributed by atoms with Gasteiger partial charge in [0.25, 0.3) is 0 Å². The Balaban J connectivity index is 1.32. The smallest absolute Gasteiger partial charge is 0.213 e. The van der Waals surface area contributed by atoms with E-state index in [4.69, 9.17) is 14.2 Å². The Bertz CT molecular complexity index is 1190. The third-order valence-electron chi connectivity index (χ3n) is 6.90. The number of ether oxygens (including phenoxy) is 3. The van der Waals surface area contributed by atoms with E-state index in [-0.39, 0.29) is 17.8 Å². The highest BCUT2D eigenvalue weighted by atomic mass is 19.1. The molecule has 2 aliphatic rings. The van der Waals surface area contributed by atoms with Crippen LogP contribution in [0.2, 0.25) is 0 Å². The van der Waals surface area contributed by atoms with Gasteiger partial charge in [0.2, 0.25) is 5.88 Å². The van der Waals surface area contributed by atoms with Crippen molar-refractivity contribution in [3.63, 3.8) is 0 Å². The third-order valence-corrected chi connectivity index (χ3v) is 6.90. The van der Waals surface area contributed by atoms with Crippen LogP contribution in [0, 0.1) is 31.0 Å². The zero-order chi connectivity index (χ0) is 23.9. The topological polar surface area (TPSA) is 40.6 Å². The number of hydrogen-bond acceptors (Lipinski definition) is 4. The molecule has 0 amide bonds. The van der Waals surface area contributed by atoms with Crippen LogP contribution in [0.5, 0.6) is 11.6 Å². The number of halogens is 1. The summed E-state index contributed by atoms with van der Waals surface area (Å²) in [5.74, 6) is 1.77. The lowest BCUT2D eigenvalue weighted by Gasteiger charge is -2.37. The molecule has 4 nitrogen and oxygen atoms in total. The molecule has 5 rings (SSSR count). The number of nitrogens with zero attached hydrogens (tertiary/aromatic N) is 1. The Morgan fingerprint density at radius 3 is 2.47 bits per heavy atom. The highest BCUT2D eigenvalue weighted by Crippen LogP contribution is 2.34. The second-order valence-electron chi connectivity index (χ2n) is 10.4. The van der Waals surface area contributed by atoms with Gasteiger partial charge < -0.3 is 14.2 Å². The monoisotopic (exact) mass is 461 g/mol. The van der Waals surface area contributed by atoms with Crippen molar-refractivity contribution in [2.45, 2.75) is 47.1 Å². The molecule has 34 heavy (non-hydrogen) atoms. The predicted octanol–water partition coefficient (Wildman–Crippen LogP) is 6.23. The number of fused-ring (bicyclic) bond motifs is 1. The minimum absolute atomic E-state index is 0.0955. The SMILES string of the molecule is Cc1cc(OCC2(C)COC2)cc(C)c1-c1ccc(F)c(COc2cc3c(cn2)CC(C)C3)c1. The first-order chi connectivity index (χ1) is 16.3. The summed E-state index contributed by atoms with van der Waals surface area (Å²) in [5, 5.41) is 0. The fourth-order valence-electron chi connectivity index (χ4n) is 5.03. The molecule has 0 spiro atoms. The molecule has 0 saturated carbocycles. The first kappa shape index (κ1) is 22.9. The molecular formula is C29H32FNO3. The van der Waals surface area contributed by atoms with Crippen LogP contribution in [0.4, 0.5) is 4.39 Å². The quantitative estimate of drug-likeness (QED) is 0.418. The molecule has 2 aromatic carbocycles. The Labute approximate surface area is 201 Å². The molecule has 1 fully saturated rings. The van der Waals surface area contributed by atoms with Crippen LogP contribution < -0.4 is 9.47 Å². The summed E-state index contributed by atoms with van der Waals surface area (Å²) >= 11 is 0. The van der Waals surface area contributed by atoms with Crippen LogP contribution in [0.15, 0.2) is 42.6 Å². The minimum atomic E-state index is -0.273. The van der Waals surface area contributed by atoms with Gasteiger partial charge in [-0.1, -0.05) is 19.9 Å². The molecule has 5 heteroatoms. The lowest BCUT2D eigenvalue weighted by atomic mass is 9.90. The van der Waals surface area contributed by atoms with E-state index in [1.54, 1.807) is 0 Å². The summed E-state index contributed by atoms with van der Waals surface area (Å²) in [7, 11) is 0. The van der Waals surface area contributed by atoms with E-state index in [1.807, 2.05) is 24.4 Å². The van der Waals surface area contributed by atoms with Crippen LogP contribution in [0.3, 0.4) is 0 Å². The van der Waals surface area contributed by atoms with Gasteiger partial charge in [0.1, 0.15) is 18.2 Å².